The number of aliphatic hydroxyl groups excluding tert-OH is 2. The molecule has 2 amide bonds. The molecule has 0 aliphatic carbocycles. The van der Waals surface area contributed by atoms with Crippen molar-refractivity contribution < 1.29 is 76.9 Å². The summed E-state index contributed by atoms with van der Waals surface area (Å²) in [7, 11) is 1.05. The number of hydrogen-bond donors (Lipinski definition) is 4. The fourth-order valence-electron chi connectivity index (χ4n) is 4.12. The van der Waals surface area contributed by atoms with Crippen molar-refractivity contribution in [3.8, 4) is 5.75 Å². The fraction of sp³-hybridized carbons (Fsp3) is 0.633. The van der Waals surface area contributed by atoms with Crippen LogP contribution in [0.15, 0.2) is 18.2 Å². The van der Waals surface area contributed by atoms with Crippen molar-refractivity contribution in [1.29, 1.82) is 0 Å². The lowest BCUT2D eigenvalue weighted by Crippen LogP contribution is -2.63. The molecule has 1 aromatic rings. The predicted molar refractivity (Wildman–Crippen MR) is 160 cm³/mol. The number of nitrogens with one attached hydrogen (secondary N) is 2. The van der Waals surface area contributed by atoms with E-state index in [0.717, 1.165) is 21.0 Å². The van der Waals surface area contributed by atoms with Crippen LogP contribution in [0.4, 0.5) is 4.79 Å². The number of esters is 3. The Kier molecular flexibility index (Phi) is 16.4. The van der Waals surface area contributed by atoms with Crippen LogP contribution >= 0.6 is 0 Å². The van der Waals surface area contributed by atoms with Gasteiger partial charge in [-0.1, -0.05) is 6.07 Å². The SMILES string of the molecule is COC(=O)[C@H]1OC(Oc2ccc(CO)cc2C(=O)NCCOCCOCCONC(=O)OC(C)(C)C)[C@H](O)[C@@H](OC(C)=O)[C@@H]1OC(C)=O. The molecule has 18 heteroatoms. The number of hydroxylamine groups is 1. The van der Waals surface area contributed by atoms with E-state index in [1.807, 2.05) is 0 Å². The molecule has 1 saturated heterocycles. The zero-order chi connectivity index (χ0) is 35.9. The number of aliphatic hydroxyl groups is 2. The number of amides is 2. The highest BCUT2D eigenvalue weighted by Crippen LogP contribution is 2.31. The molecule has 2 rings (SSSR count). The molecule has 0 spiro atoms. The minimum Gasteiger partial charge on any atom is -0.467 e. The highest BCUT2D eigenvalue weighted by atomic mass is 16.7. The smallest absolute Gasteiger partial charge is 0.431 e. The van der Waals surface area contributed by atoms with Crippen LogP contribution in [0.2, 0.25) is 0 Å². The molecular formula is C30H44N2O16. The summed E-state index contributed by atoms with van der Waals surface area (Å²) in [6.07, 6.45) is -9.08. The molecule has 0 bridgehead atoms. The van der Waals surface area contributed by atoms with E-state index in [4.69, 9.17) is 42.7 Å². The number of carbonyl (C=O) groups excluding carboxylic acids is 5. The zero-order valence-corrected chi connectivity index (χ0v) is 27.7. The summed E-state index contributed by atoms with van der Waals surface area (Å²) in [6.45, 7) is 7.69. The summed E-state index contributed by atoms with van der Waals surface area (Å²) in [5.41, 5.74) is 1.77. The standard InChI is InChI=1S/C30H44N2O16/c1-17(34)44-23-22(36)28(47-25(27(38)40-6)24(23)45-18(2)35)46-21-8-7-19(16-33)15-20(21)26(37)31-9-10-41-11-12-42-13-14-43-32-29(39)48-30(3,4)5/h7-8,15,22-25,28,33,36H,9-14,16H2,1-6H3,(H,31,37)(H,32,39)/t22-,23-,24+,25+,28?/m1/s1. The summed E-state index contributed by atoms with van der Waals surface area (Å²) >= 11 is 0. The summed E-state index contributed by atoms with van der Waals surface area (Å²) in [4.78, 5) is 65.6. The number of methoxy groups -OCH3 is 1. The van der Waals surface area contributed by atoms with Gasteiger partial charge in [-0.3, -0.25) is 19.2 Å². The van der Waals surface area contributed by atoms with Crippen LogP contribution in [0.5, 0.6) is 5.75 Å². The average molecular weight is 689 g/mol. The number of ether oxygens (including phenoxy) is 8. The third-order valence-electron chi connectivity index (χ3n) is 6.06. The second kappa shape index (κ2) is 19.7. The summed E-state index contributed by atoms with van der Waals surface area (Å²) < 4.78 is 42.2. The minimum absolute atomic E-state index is 0.0656. The van der Waals surface area contributed by atoms with E-state index in [0.29, 0.717) is 5.56 Å². The summed E-state index contributed by atoms with van der Waals surface area (Å²) in [5, 5.41) is 23.3. The van der Waals surface area contributed by atoms with Crippen molar-refractivity contribution in [3.05, 3.63) is 29.3 Å². The monoisotopic (exact) mass is 688 g/mol. The van der Waals surface area contributed by atoms with Crippen molar-refractivity contribution in [3.63, 3.8) is 0 Å². The van der Waals surface area contributed by atoms with Crippen molar-refractivity contribution in [2.45, 2.75) is 77.5 Å². The molecule has 1 aromatic carbocycles. The molecule has 18 nitrogen and oxygen atoms in total. The van der Waals surface area contributed by atoms with Gasteiger partial charge in [0.15, 0.2) is 24.4 Å². The van der Waals surface area contributed by atoms with Gasteiger partial charge in [-0.25, -0.2) is 9.59 Å². The molecular weight excluding hydrogens is 644 g/mol. The molecule has 1 heterocycles. The van der Waals surface area contributed by atoms with Crippen LogP contribution in [0.1, 0.15) is 50.5 Å². The van der Waals surface area contributed by atoms with Gasteiger partial charge < -0.3 is 53.4 Å². The Balaban J connectivity index is 1.95. The fourth-order valence-corrected chi connectivity index (χ4v) is 4.12. The van der Waals surface area contributed by atoms with E-state index in [-0.39, 0.29) is 50.9 Å². The number of benzene rings is 1. The number of rotatable bonds is 17. The Morgan fingerprint density at radius 3 is 2.15 bits per heavy atom. The van der Waals surface area contributed by atoms with E-state index in [1.165, 1.54) is 18.2 Å². The summed E-state index contributed by atoms with van der Waals surface area (Å²) in [5.74, 6) is -3.48. The van der Waals surface area contributed by atoms with Gasteiger partial charge in [-0.2, -0.15) is 5.48 Å². The third kappa shape index (κ3) is 13.6. The Morgan fingerprint density at radius 1 is 0.917 bits per heavy atom. The lowest BCUT2D eigenvalue weighted by molar-refractivity contribution is -0.278. The first kappa shape index (κ1) is 40.1. The van der Waals surface area contributed by atoms with E-state index < -0.39 is 72.8 Å². The van der Waals surface area contributed by atoms with E-state index in [9.17, 15) is 34.2 Å². The minimum atomic E-state index is -1.80. The average Bonchev–Trinajstić information content (AvgIpc) is 3.01. The molecule has 1 aliphatic rings. The lowest BCUT2D eigenvalue weighted by atomic mass is 9.98. The molecule has 48 heavy (non-hydrogen) atoms. The first-order valence-corrected chi connectivity index (χ1v) is 14.9. The lowest BCUT2D eigenvalue weighted by Gasteiger charge is -2.41. The van der Waals surface area contributed by atoms with Crippen molar-refractivity contribution in [1.82, 2.24) is 10.8 Å². The maximum atomic E-state index is 13.1. The maximum absolute atomic E-state index is 13.1. The van der Waals surface area contributed by atoms with Gasteiger partial charge in [0, 0.05) is 20.4 Å². The van der Waals surface area contributed by atoms with Crippen molar-refractivity contribution in [2.24, 2.45) is 0 Å². The van der Waals surface area contributed by atoms with Crippen LogP contribution in [0.25, 0.3) is 0 Å². The largest absolute Gasteiger partial charge is 0.467 e. The third-order valence-corrected chi connectivity index (χ3v) is 6.06. The highest BCUT2D eigenvalue weighted by molar-refractivity contribution is 5.97. The molecule has 1 aliphatic heterocycles. The summed E-state index contributed by atoms with van der Waals surface area (Å²) in [6, 6.07) is 4.13. The van der Waals surface area contributed by atoms with Crippen LogP contribution < -0.4 is 15.5 Å². The van der Waals surface area contributed by atoms with Crippen molar-refractivity contribution in [2.75, 3.05) is 46.7 Å². The zero-order valence-electron chi connectivity index (χ0n) is 27.7. The van der Waals surface area contributed by atoms with Gasteiger partial charge in [0.25, 0.3) is 5.91 Å². The number of carbonyl (C=O) groups is 5. The highest BCUT2D eigenvalue weighted by Gasteiger charge is 2.53. The van der Waals surface area contributed by atoms with Gasteiger partial charge in [0.05, 0.1) is 52.3 Å². The molecule has 270 valence electrons. The van der Waals surface area contributed by atoms with Crippen LogP contribution in [0, 0.1) is 0 Å². The Labute approximate surface area is 277 Å². The Morgan fingerprint density at radius 2 is 1.54 bits per heavy atom. The maximum Gasteiger partial charge on any atom is 0.431 e. The van der Waals surface area contributed by atoms with Gasteiger partial charge >= 0.3 is 24.0 Å². The first-order valence-electron chi connectivity index (χ1n) is 14.9. The molecule has 5 atom stereocenters. The normalized spacial score (nSPS) is 20.6. The number of hydrogen-bond acceptors (Lipinski definition) is 16. The van der Waals surface area contributed by atoms with Crippen molar-refractivity contribution >= 4 is 29.9 Å². The topological polar surface area (TPSA) is 233 Å². The van der Waals surface area contributed by atoms with Gasteiger partial charge in [0.2, 0.25) is 6.29 Å². The van der Waals surface area contributed by atoms with Crippen LogP contribution in [-0.4, -0.2) is 123 Å². The molecule has 0 saturated carbocycles. The van der Waals surface area contributed by atoms with E-state index in [1.54, 1.807) is 20.8 Å². The molecule has 1 unspecified atom stereocenters. The first-order chi connectivity index (χ1) is 22.7. The van der Waals surface area contributed by atoms with E-state index in [2.05, 4.69) is 10.8 Å². The van der Waals surface area contributed by atoms with Crippen LogP contribution in [0.3, 0.4) is 0 Å². The quantitative estimate of drug-likeness (QED) is 0.0724. The van der Waals surface area contributed by atoms with E-state index >= 15 is 0 Å². The van der Waals surface area contributed by atoms with Gasteiger partial charge in [-0.15, -0.1) is 0 Å². The molecule has 0 aromatic heterocycles. The Bertz CT molecular complexity index is 1240. The second-order valence-corrected chi connectivity index (χ2v) is 11.1. The molecule has 1 fully saturated rings. The molecule has 4 N–H and O–H groups in total. The van der Waals surface area contributed by atoms with Crippen LogP contribution in [-0.2, 0) is 59.0 Å². The Hall–Kier alpha value is -4.07. The predicted octanol–water partition coefficient (Wildman–Crippen LogP) is -0.101. The second-order valence-electron chi connectivity index (χ2n) is 11.1. The van der Waals surface area contributed by atoms with Gasteiger partial charge in [0.1, 0.15) is 11.4 Å². The molecule has 0 radical (unpaired) electrons. The van der Waals surface area contributed by atoms with Gasteiger partial charge in [-0.05, 0) is 38.5 Å².